The smallest absolute Gasteiger partial charge is 0.249 e. The first kappa shape index (κ1) is 20.9. The molecule has 1 aliphatic heterocycles. The van der Waals surface area contributed by atoms with Crippen LogP contribution >= 0.6 is 24.8 Å². The first-order valence-corrected chi connectivity index (χ1v) is 6.85. The van der Waals surface area contributed by atoms with E-state index in [1.807, 2.05) is 31.1 Å². The van der Waals surface area contributed by atoms with Crippen molar-refractivity contribution in [2.45, 2.75) is 31.6 Å². The van der Waals surface area contributed by atoms with E-state index in [4.69, 9.17) is 10.5 Å². The van der Waals surface area contributed by atoms with Gasteiger partial charge >= 0.3 is 0 Å². The quantitative estimate of drug-likeness (QED) is 0.831. The zero-order chi connectivity index (χ0) is 14.5. The van der Waals surface area contributed by atoms with Crippen LogP contribution in [0.2, 0.25) is 0 Å². The van der Waals surface area contributed by atoms with Crippen LogP contribution in [0, 0.1) is 0 Å². The molecule has 8 heteroatoms. The van der Waals surface area contributed by atoms with Crippen LogP contribution in [0.15, 0.2) is 18.3 Å². The third-order valence-electron chi connectivity index (χ3n) is 3.40. The molecule has 2 heterocycles. The molecule has 1 aromatic heterocycles. The van der Waals surface area contributed by atoms with Gasteiger partial charge in [0.15, 0.2) is 0 Å². The van der Waals surface area contributed by atoms with E-state index in [2.05, 4.69) is 10.3 Å². The minimum Gasteiger partial charge on any atom is -0.364 e. The number of nitrogens with zero attached hydrogens (tertiary/aromatic N) is 2. The van der Waals surface area contributed by atoms with Crippen molar-refractivity contribution in [1.29, 1.82) is 0 Å². The lowest BCUT2D eigenvalue weighted by atomic mass is 10.2. The Hall–Kier alpha value is -1.08. The largest absolute Gasteiger partial charge is 0.364 e. The fraction of sp³-hybridized carbons (Fsp3) is 0.571. The standard InChI is InChI=1S/C14H22N4O2.2ClH/c1-18(2)13-6-3-10(8-16-13)9-17-14(19)12-5-4-11(7-15)20-12;;/h3,6,8,11-12H,4-5,7,9,15H2,1-2H3,(H,17,19);2*1H/t11-,12+;;/m1../s1. The fourth-order valence-electron chi connectivity index (χ4n) is 2.16. The van der Waals surface area contributed by atoms with Gasteiger partial charge < -0.3 is 20.7 Å². The van der Waals surface area contributed by atoms with Crippen LogP contribution < -0.4 is 16.0 Å². The molecular formula is C14H24Cl2N4O2. The van der Waals surface area contributed by atoms with Gasteiger partial charge in [-0.05, 0) is 24.5 Å². The molecule has 1 aliphatic rings. The van der Waals surface area contributed by atoms with Crippen LogP contribution in [0.3, 0.4) is 0 Å². The van der Waals surface area contributed by atoms with E-state index in [9.17, 15) is 4.79 Å². The number of aromatic nitrogens is 1. The lowest BCUT2D eigenvalue weighted by Crippen LogP contribution is -2.35. The Bertz CT molecular complexity index is 457. The zero-order valence-corrected chi connectivity index (χ0v) is 14.5. The van der Waals surface area contributed by atoms with E-state index in [-0.39, 0.29) is 42.9 Å². The number of carbonyl (C=O) groups is 1. The fourth-order valence-corrected chi connectivity index (χ4v) is 2.16. The molecule has 1 amide bonds. The Labute approximate surface area is 143 Å². The van der Waals surface area contributed by atoms with E-state index in [1.165, 1.54) is 0 Å². The molecule has 126 valence electrons. The van der Waals surface area contributed by atoms with Crippen molar-refractivity contribution in [3.63, 3.8) is 0 Å². The average molecular weight is 351 g/mol. The van der Waals surface area contributed by atoms with Gasteiger partial charge in [0.1, 0.15) is 11.9 Å². The number of nitrogens with two attached hydrogens (primary N) is 1. The van der Waals surface area contributed by atoms with Gasteiger partial charge in [-0.3, -0.25) is 4.79 Å². The topological polar surface area (TPSA) is 80.5 Å². The van der Waals surface area contributed by atoms with E-state index in [1.54, 1.807) is 6.20 Å². The molecule has 0 radical (unpaired) electrons. The minimum atomic E-state index is -0.363. The molecule has 6 nitrogen and oxygen atoms in total. The average Bonchev–Trinajstić information content (AvgIpc) is 2.94. The number of halogens is 2. The Kier molecular flexibility index (Phi) is 9.36. The molecule has 2 rings (SSSR count). The summed E-state index contributed by atoms with van der Waals surface area (Å²) in [4.78, 5) is 18.2. The van der Waals surface area contributed by atoms with E-state index in [0.717, 1.165) is 24.2 Å². The summed E-state index contributed by atoms with van der Waals surface area (Å²) in [5.41, 5.74) is 6.50. The number of rotatable bonds is 5. The first-order valence-electron chi connectivity index (χ1n) is 6.85. The summed E-state index contributed by atoms with van der Waals surface area (Å²) in [6, 6.07) is 3.89. The number of amides is 1. The Morgan fingerprint density at radius 1 is 1.41 bits per heavy atom. The lowest BCUT2D eigenvalue weighted by Gasteiger charge is -2.14. The number of ether oxygens (including phenoxy) is 1. The molecule has 0 aliphatic carbocycles. The van der Waals surface area contributed by atoms with Gasteiger partial charge in [0, 0.05) is 33.4 Å². The van der Waals surface area contributed by atoms with Crippen LogP contribution in [0.4, 0.5) is 5.82 Å². The molecule has 0 saturated carbocycles. The molecule has 2 atom stereocenters. The second kappa shape index (κ2) is 9.84. The van der Waals surface area contributed by atoms with Gasteiger partial charge in [0.05, 0.1) is 6.10 Å². The van der Waals surface area contributed by atoms with E-state index >= 15 is 0 Å². The van der Waals surface area contributed by atoms with Crippen molar-refractivity contribution < 1.29 is 9.53 Å². The lowest BCUT2D eigenvalue weighted by molar-refractivity contribution is -0.132. The molecule has 0 aromatic carbocycles. The van der Waals surface area contributed by atoms with Crippen LogP contribution in [-0.2, 0) is 16.1 Å². The molecule has 22 heavy (non-hydrogen) atoms. The molecule has 0 spiro atoms. The number of carbonyl (C=O) groups excluding carboxylic acids is 1. The van der Waals surface area contributed by atoms with Crippen molar-refractivity contribution in [1.82, 2.24) is 10.3 Å². The highest BCUT2D eigenvalue weighted by molar-refractivity contribution is 5.85. The maximum atomic E-state index is 11.9. The van der Waals surface area contributed by atoms with Gasteiger partial charge in [0.2, 0.25) is 5.91 Å². The highest BCUT2D eigenvalue weighted by Gasteiger charge is 2.29. The number of pyridine rings is 1. The number of hydrogen-bond donors (Lipinski definition) is 2. The summed E-state index contributed by atoms with van der Waals surface area (Å²) in [6.07, 6.45) is 3.02. The van der Waals surface area contributed by atoms with Crippen molar-refractivity contribution in [3.05, 3.63) is 23.9 Å². The normalized spacial score (nSPS) is 19.8. The number of nitrogens with one attached hydrogen (secondary N) is 1. The SMILES string of the molecule is CN(C)c1ccc(CNC(=O)[C@@H]2CC[C@H](CN)O2)cn1.Cl.Cl. The molecule has 1 fully saturated rings. The zero-order valence-electron chi connectivity index (χ0n) is 12.8. The monoisotopic (exact) mass is 350 g/mol. The molecule has 1 saturated heterocycles. The van der Waals surface area contributed by atoms with Gasteiger partial charge in [-0.15, -0.1) is 24.8 Å². The Balaban J connectivity index is 0.00000220. The second-order valence-electron chi connectivity index (χ2n) is 5.20. The van der Waals surface area contributed by atoms with E-state index < -0.39 is 0 Å². The third kappa shape index (κ3) is 5.61. The van der Waals surface area contributed by atoms with E-state index in [0.29, 0.717) is 13.1 Å². The van der Waals surface area contributed by atoms with Gasteiger partial charge in [-0.1, -0.05) is 6.07 Å². The highest BCUT2D eigenvalue weighted by Crippen LogP contribution is 2.19. The van der Waals surface area contributed by atoms with Gasteiger partial charge in [0.25, 0.3) is 0 Å². The third-order valence-corrected chi connectivity index (χ3v) is 3.40. The first-order chi connectivity index (χ1) is 9.60. The van der Waals surface area contributed by atoms with Crippen LogP contribution in [-0.4, -0.2) is 43.7 Å². The summed E-state index contributed by atoms with van der Waals surface area (Å²) >= 11 is 0. The predicted octanol–water partition coefficient (Wildman–Crippen LogP) is 1.11. The maximum Gasteiger partial charge on any atom is 0.249 e. The van der Waals surface area contributed by atoms with Gasteiger partial charge in [-0.2, -0.15) is 0 Å². The molecule has 0 bridgehead atoms. The van der Waals surface area contributed by atoms with Crippen molar-refractivity contribution >= 4 is 36.5 Å². The predicted molar refractivity (Wildman–Crippen MR) is 91.9 cm³/mol. The summed E-state index contributed by atoms with van der Waals surface area (Å²) in [5, 5.41) is 2.88. The number of hydrogen-bond acceptors (Lipinski definition) is 5. The van der Waals surface area contributed by atoms with Crippen LogP contribution in [0.25, 0.3) is 0 Å². The summed E-state index contributed by atoms with van der Waals surface area (Å²) in [5.74, 6) is 0.822. The summed E-state index contributed by atoms with van der Waals surface area (Å²) in [7, 11) is 3.88. The highest BCUT2D eigenvalue weighted by atomic mass is 35.5. The summed E-state index contributed by atoms with van der Waals surface area (Å²) < 4.78 is 5.55. The maximum absolute atomic E-state index is 11.9. The number of anilines is 1. The molecule has 1 aromatic rings. The molecule has 3 N–H and O–H groups in total. The van der Waals surface area contributed by atoms with Crippen molar-refractivity contribution in [2.75, 3.05) is 25.5 Å². The van der Waals surface area contributed by atoms with Crippen molar-refractivity contribution in [3.8, 4) is 0 Å². The summed E-state index contributed by atoms with van der Waals surface area (Å²) in [6.45, 7) is 0.937. The van der Waals surface area contributed by atoms with Crippen molar-refractivity contribution in [2.24, 2.45) is 5.73 Å². The second-order valence-corrected chi connectivity index (χ2v) is 5.20. The Morgan fingerprint density at radius 2 is 2.14 bits per heavy atom. The van der Waals surface area contributed by atoms with Crippen LogP contribution in [0.5, 0.6) is 0 Å². The molecular weight excluding hydrogens is 327 g/mol. The minimum absolute atomic E-state index is 0. The molecule has 0 unspecified atom stereocenters. The van der Waals surface area contributed by atoms with Crippen LogP contribution in [0.1, 0.15) is 18.4 Å². The van der Waals surface area contributed by atoms with Gasteiger partial charge in [-0.25, -0.2) is 4.98 Å². The Morgan fingerprint density at radius 3 is 2.64 bits per heavy atom.